The third-order valence-corrected chi connectivity index (χ3v) is 3.05. The standard InChI is InChI=1S/C12H14N2O3/c1-12(2)6-7(12)10(15)14-9-5-3-4-8(13-9)11(16)17/h3-5,7H,6H2,1-2H3,(H,16,17)(H,13,14,15). The second kappa shape index (κ2) is 3.84. The molecule has 1 aromatic rings. The Kier molecular flexibility index (Phi) is 2.61. The summed E-state index contributed by atoms with van der Waals surface area (Å²) in [7, 11) is 0. The fourth-order valence-electron chi connectivity index (χ4n) is 1.75. The summed E-state index contributed by atoms with van der Waals surface area (Å²) in [6, 6.07) is 4.53. The molecule has 0 spiro atoms. The number of hydrogen-bond acceptors (Lipinski definition) is 3. The van der Waals surface area contributed by atoms with E-state index in [4.69, 9.17) is 5.11 Å². The molecule has 2 rings (SSSR count). The number of rotatable bonds is 3. The van der Waals surface area contributed by atoms with Crippen LogP contribution in [0.5, 0.6) is 0 Å². The number of carbonyl (C=O) groups is 2. The summed E-state index contributed by atoms with van der Waals surface area (Å²) in [6.07, 6.45) is 0.859. The first kappa shape index (κ1) is 11.6. The van der Waals surface area contributed by atoms with Crippen LogP contribution >= 0.6 is 0 Å². The molecule has 0 bridgehead atoms. The highest BCUT2D eigenvalue weighted by atomic mass is 16.4. The molecule has 1 heterocycles. The molecule has 1 aromatic heterocycles. The molecular formula is C12H14N2O3. The lowest BCUT2D eigenvalue weighted by Crippen LogP contribution is -2.18. The van der Waals surface area contributed by atoms with Crippen LogP contribution in [-0.2, 0) is 4.79 Å². The SMILES string of the molecule is CC1(C)CC1C(=O)Nc1cccc(C(=O)O)n1. The minimum Gasteiger partial charge on any atom is -0.477 e. The fourth-order valence-corrected chi connectivity index (χ4v) is 1.75. The lowest BCUT2D eigenvalue weighted by atomic mass is 10.1. The maximum Gasteiger partial charge on any atom is 0.354 e. The van der Waals surface area contributed by atoms with E-state index in [1.54, 1.807) is 12.1 Å². The summed E-state index contributed by atoms with van der Waals surface area (Å²) in [5.74, 6) is -0.909. The molecule has 0 radical (unpaired) electrons. The van der Waals surface area contributed by atoms with Crippen molar-refractivity contribution in [2.45, 2.75) is 20.3 Å². The quantitative estimate of drug-likeness (QED) is 0.835. The molecule has 1 aliphatic carbocycles. The van der Waals surface area contributed by atoms with Gasteiger partial charge in [-0.25, -0.2) is 9.78 Å². The molecule has 1 unspecified atom stereocenters. The van der Waals surface area contributed by atoms with Crippen LogP contribution in [0.1, 0.15) is 30.8 Å². The zero-order chi connectivity index (χ0) is 12.6. The molecule has 0 aromatic carbocycles. The molecule has 17 heavy (non-hydrogen) atoms. The number of amides is 1. The van der Waals surface area contributed by atoms with Gasteiger partial charge in [-0.3, -0.25) is 4.79 Å². The number of carboxylic acid groups (broad SMARTS) is 1. The minimum atomic E-state index is -1.10. The maximum atomic E-state index is 11.8. The first-order valence-corrected chi connectivity index (χ1v) is 5.41. The van der Waals surface area contributed by atoms with Gasteiger partial charge in [-0.15, -0.1) is 0 Å². The zero-order valence-electron chi connectivity index (χ0n) is 9.73. The molecule has 1 aliphatic rings. The summed E-state index contributed by atoms with van der Waals surface area (Å²) < 4.78 is 0. The van der Waals surface area contributed by atoms with Gasteiger partial charge < -0.3 is 10.4 Å². The van der Waals surface area contributed by atoms with Gasteiger partial charge in [0.25, 0.3) is 0 Å². The van der Waals surface area contributed by atoms with E-state index < -0.39 is 5.97 Å². The smallest absolute Gasteiger partial charge is 0.354 e. The molecule has 1 amide bonds. The normalized spacial score (nSPS) is 20.7. The van der Waals surface area contributed by atoms with Crippen molar-refractivity contribution in [2.75, 3.05) is 5.32 Å². The fraction of sp³-hybridized carbons (Fsp3) is 0.417. The van der Waals surface area contributed by atoms with E-state index in [9.17, 15) is 9.59 Å². The molecule has 1 atom stereocenters. The Bertz CT molecular complexity index is 482. The van der Waals surface area contributed by atoms with E-state index >= 15 is 0 Å². The van der Waals surface area contributed by atoms with Crippen molar-refractivity contribution in [1.82, 2.24) is 4.98 Å². The van der Waals surface area contributed by atoms with Gasteiger partial charge in [0.05, 0.1) is 0 Å². The van der Waals surface area contributed by atoms with Crippen molar-refractivity contribution >= 4 is 17.7 Å². The molecule has 0 saturated heterocycles. The first-order chi connectivity index (χ1) is 7.90. The summed E-state index contributed by atoms with van der Waals surface area (Å²) in [5, 5.41) is 11.4. The molecule has 90 valence electrons. The number of anilines is 1. The van der Waals surface area contributed by atoms with Gasteiger partial charge >= 0.3 is 5.97 Å². The van der Waals surface area contributed by atoms with Gasteiger partial charge in [-0.1, -0.05) is 19.9 Å². The number of aromatic nitrogens is 1. The van der Waals surface area contributed by atoms with Crippen molar-refractivity contribution in [3.8, 4) is 0 Å². The Hall–Kier alpha value is -1.91. The Morgan fingerprint density at radius 1 is 1.47 bits per heavy atom. The van der Waals surface area contributed by atoms with E-state index in [0.717, 1.165) is 6.42 Å². The van der Waals surface area contributed by atoms with Crippen molar-refractivity contribution in [3.05, 3.63) is 23.9 Å². The highest BCUT2D eigenvalue weighted by Gasteiger charge is 2.50. The number of aromatic carboxylic acids is 1. The molecule has 1 saturated carbocycles. The number of pyridine rings is 1. The molecule has 2 N–H and O–H groups in total. The number of carbonyl (C=O) groups excluding carboxylic acids is 1. The molecule has 5 heteroatoms. The summed E-state index contributed by atoms with van der Waals surface area (Å²) in [6.45, 7) is 4.05. The van der Waals surface area contributed by atoms with E-state index in [0.29, 0.717) is 0 Å². The van der Waals surface area contributed by atoms with Crippen molar-refractivity contribution in [3.63, 3.8) is 0 Å². The van der Waals surface area contributed by atoms with Gasteiger partial charge in [0.1, 0.15) is 5.82 Å². The van der Waals surface area contributed by atoms with Gasteiger partial charge in [-0.2, -0.15) is 0 Å². The zero-order valence-corrected chi connectivity index (χ0v) is 9.73. The highest BCUT2D eigenvalue weighted by Crippen LogP contribution is 2.51. The maximum absolute atomic E-state index is 11.8. The Morgan fingerprint density at radius 2 is 2.12 bits per heavy atom. The van der Waals surface area contributed by atoms with Crippen molar-refractivity contribution < 1.29 is 14.7 Å². The topological polar surface area (TPSA) is 79.3 Å². The monoisotopic (exact) mass is 234 g/mol. The number of carboxylic acids is 1. The van der Waals surface area contributed by atoms with Crippen LogP contribution in [0.15, 0.2) is 18.2 Å². The molecule has 5 nitrogen and oxygen atoms in total. The predicted molar refractivity (Wildman–Crippen MR) is 61.7 cm³/mol. The average Bonchev–Trinajstić information content (AvgIpc) is 2.88. The van der Waals surface area contributed by atoms with E-state index in [1.165, 1.54) is 6.07 Å². The van der Waals surface area contributed by atoms with Crippen molar-refractivity contribution in [2.24, 2.45) is 11.3 Å². The second-order valence-electron chi connectivity index (χ2n) is 4.95. The van der Waals surface area contributed by atoms with Crippen LogP contribution in [0.25, 0.3) is 0 Å². The average molecular weight is 234 g/mol. The summed E-state index contributed by atoms with van der Waals surface area (Å²) >= 11 is 0. The predicted octanol–water partition coefficient (Wildman–Crippen LogP) is 1.76. The van der Waals surface area contributed by atoms with Crippen molar-refractivity contribution in [1.29, 1.82) is 0 Å². The largest absolute Gasteiger partial charge is 0.477 e. The van der Waals surface area contributed by atoms with Gasteiger partial charge in [-0.05, 0) is 24.0 Å². The van der Waals surface area contributed by atoms with Crippen LogP contribution in [-0.4, -0.2) is 22.0 Å². The molecule has 0 aliphatic heterocycles. The van der Waals surface area contributed by atoms with Crippen LogP contribution in [0.2, 0.25) is 0 Å². The Balaban J connectivity index is 2.07. The number of hydrogen-bond donors (Lipinski definition) is 2. The van der Waals surface area contributed by atoms with Gasteiger partial charge in [0, 0.05) is 5.92 Å². The number of nitrogens with one attached hydrogen (secondary N) is 1. The highest BCUT2D eigenvalue weighted by molar-refractivity contribution is 5.94. The summed E-state index contributed by atoms with van der Waals surface area (Å²) in [5.41, 5.74) is -0.0213. The van der Waals surface area contributed by atoms with Gasteiger partial charge in [0.2, 0.25) is 5.91 Å². The molecular weight excluding hydrogens is 220 g/mol. The molecule has 1 fully saturated rings. The van der Waals surface area contributed by atoms with E-state index in [2.05, 4.69) is 10.3 Å². The van der Waals surface area contributed by atoms with E-state index in [1.807, 2.05) is 13.8 Å². The van der Waals surface area contributed by atoms with E-state index in [-0.39, 0.29) is 28.8 Å². The Labute approximate surface area is 98.9 Å². The van der Waals surface area contributed by atoms with Crippen LogP contribution < -0.4 is 5.32 Å². The van der Waals surface area contributed by atoms with Crippen LogP contribution in [0.4, 0.5) is 5.82 Å². The first-order valence-electron chi connectivity index (χ1n) is 5.41. The Morgan fingerprint density at radius 3 is 2.65 bits per heavy atom. The lowest BCUT2D eigenvalue weighted by Gasteiger charge is -2.06. The third kappa shape index (κ3) is 2.43. The van der Waals surface area contributed by atoms with Crippen LogP contribution in [0.3, 0.4) is 0 Å². The van der Waals surface area contributed by atoms with Crippen LogP contribution in [0, 0.1) is 11.3 Å². The third-order valence-electron chi connectivity index (χ3n) is 3.05. The minimum absolute atomic E-state index is 0.00205. The number of nitrogens with zero attached hydrogens (tertiary/aromatic N) is 1. The van der Waals surface area contributed by atoms with Gasteiger partial charge in [0.15, 0.2) is 5.69 Å². The summed E-state index contributed by atoms with van der Waals surface area (Å²) in [4.78, 5) is 26.3. The second-order valence-corrected chi connectivity index (χ2v) is 4.95. The lowest BCUT2D eigenvalue weighted by molar-refractivity contribution is -0.118.